The lowest BCUT2D eigenvalue weighted by Crippen LogP contribution is -2.41. The van der Waals surface area contributed by atoms with E-state index in [2.05, 4.69) is 30.3 Å². The Labute approximate surface area is 157 Å². The Morgan fingerprint density at radius 1 is 1.24 bits per heavy atom. The maximum atomic E-state index is 10.8. The summed E-state index contributed by atoms with van der Waals surface area (Å²) >= 11 is 1.55. The van der Waals surface area contributed by atoms with E-state index in [-0.39, 0.29) is 5.97 Å². The minimum atomic E-state index is -2.66. The van der Waals surface area contributed by atoms with E-state index in [0.717, 1.165) is 41.4 Å². The average molecular weight is 373 g/mol. The number of thiophene rings is 1. The molecule has 0 aliphatic carbocycles. The molecule has 1 unspecified atom stereocenters. The fourth-order valence-electron chi connectivity index (χ4n) is 2.75. The van der Waals surface area contributed by atoms with E-state index >= 15 is 0 Å². The Bertz CT molecular complexity index is 769. The predicted molar refractivity (Wildman–Crippen MR) is 107 cm³/mol. The van der Waals surface area contributed by atoms with Crippen molar-refractivity contribution in [3.8, 4) is 6.07 Å². The third-order valence-corrected chi connectivity index (χ3v) is 8.61. The Hall–Kier alpha value is -1.90. The van der Waals surface area contributed by atoms with Gasteiger partial charge in [-0.15, -0.1) is 0 Å². The van der Waals surface area contributed by atoms with Gasteiger partial charge in [-0.05, 0) is 24.8 Å². The van der Waals surface area contributed by atoms with Crippen molar-refractivity contribution in [3.63, 3.8) is 0 Å². The van der Waals surface area contributed by atoms with Crippen LogP contribution in [0.15, 0.2) is 35.7 Å². The monoisotopic (exact) mass is 372 g/mol. The largest absolute Gasteiger partial charge is 0.466 e. The highest BCUT2D eigenvalue weighted by Gasteiger charge is 2.20. The van der Waals surface area contributed by atoms with Gasteiger partial charge < -0.3 is 4.74 Å². The van der Waals surface area contributed by atoms with Crippen LogP contribution in [0.2, 0.25) is 6.04 Å². The topological polar surface area (TPSA) is 50.1 Å². The highest BCUT2D eigenvalue weighted by atomic mass is 32.1. The predicted octanol–water partition coefficient (Wildman–Crippen LogP) is 3.39. The van der Waals surface area contributed by atoms with Crippen LogP contribution < -0.4 is 9.69 Å². The minimum Gasteiger partial charge on any atom is -0.466 e. The van der Waals surface area contributed by atoms with Gasteiger partial charge in [0.05, 0.1) is 18.2 Å². The molecule has 5 heteroatoms. The molecule has 0 aliphatic rings. The van der Waals surface area contributed by atoms with E-state index in [4.69, 9.17) is 4.74 Å². The Morgan fingerprint density at radius 3 is 2.64 bits per heavy atom. The molecule has 0 N–H and O–H groups in total. The van der Waals surface area contributed by atoms with Gasteiger partial charge in [-0.1, -0.05) is 60.3 Å². The molecule has 0 spiro atoms. The van der Waals surface area contributed by atoms with E-state index < -0.39 is 8.73 Å². The molecular formula is C20H25NO2SSi. The summed E-state index contributed by atoms with van der Waals surface area (Å²) in [7, 11) is -2.66. The van der Waals surface area contributed by atoms with Crippen LogP contribution in [0.1, 0.15) is 43.7 Å². The normalized spacial score (nSPS) is 13.6. The smallest absolute Gasteiger partial charge is 0.302 e. The van der Waals surface area contributed by atoms with Gasteiger partial charge in [0, 0.05) is 12.7 Å². The van der Waals surface area contributed by atoms with Gasteiger partial charge in [0.1, 0.15) is 8.73 Å². The third kappa shape index (κ3) is 6.15. The maximum absolute atomic E-state index is 10.8. The first-order valence-electron chi connectivity index (χ1n) is 9.16. The summed E-state index contributed by atoms with van der Waals surface area (Å²) in [6, 6.07) is 13.2. The number of hydrogen-bond acceptors (Lipinski definition) is 4. The Morgan fingerprint density at radius 2 is 1.96 bits per heavy atom. The van der Waals surface area contributed by atoms with Crippen molar-refractivity contribution in [1.82, 2.24) is 0 Å². The van der Waals surface area contributed by atoms with E-state index in [1.54, 1.807) is 11.3 Å². The van der Waals surface area contributed by atoms with Crippen LogP contribution in [0.25, 0.3) is 0 Å². The molecule has 1 aromatic carbocycles. The summed E-state index contributed by atoms with van der Waals surface area (Å²) < 4.78 is 15.3. The molecule has 0 saturated carbocycles. The zero-order valence-electron chi connectivity index (χ0n) is 15.9. The number of aryl methyl sites for hydroxylation is 1. The second-order valence-corrected chi connectivity index (χ2v) is 9.94. The molecule has 0 radical (unpaired) electrons. The molecule has 0 fully saturated rings. The van der Waals surface area contributed by atoms with Crippen LogP contribution in [0.3, 0.4) is 0 Å². The van der Waals surface area contributed by atoms with Crippen molar-refractivity contribution in [1.29, 1.82) is 6.50 Å². The molecule has 1 heterocycles. The fourth-order valence-corrected chi connectivity index (χ4v) is 7.18. The molecule has 2 aromatic rings. The first kappa shape index (κ1) is 17.9. The molecule has 0 amide bonds. The first-order chi connectivity index (χ1) is 12.5. The van der Waals surface area contributed by atoms with Crippen LogP contribution in [0.4, 0.5) is 0 Å². The van der Waals surface area contributed by atoms with E-state index in [1.165, 1.54) is 12.5 Å². The van der Waals surface area contributed by atoms with Gasteiger partial charge in [-0.2, -0.15) is 16.6 Å². The highest BCUT2D eigenvalue weighted by Crippen LogP contribution is 2.13. The third-order valence-electron chi connectivity index (χ3n) is 4.09. The molecule has 132 valence electrons. The lowest BCUT2D eigenvalue weighted by Gasteiger charge is -2.15. The van der Waals surface area contributed by atoms with Crippen molar-refractivity contribution in [2.24, 2.45) is 0 Å². The zero-order valence-corrected chi connectivity index (χ0v) is 16.7. The lowest BCUT2D eigenvalue weighted by molar-refractivity contribution is -0.141. The zero-order chi connectivity index (χ0) is 19.0. The summed E-state index contributed by atoms with van der Waals surface area (Å²) in [5, 5.41) is 12.4. The molecule has 3 nitrogen and oxygen atoms in total. The molecular weight excluding hydrogens is 346 g/mol. The number of hydrogen-bond donors (Lipinski definition) is 0. The van der Waals surface area contributed by atoms with Gasteiger partial charge in [-0.3, -0.25) is 4.79 Å². The summed E-state index contributed by atoms with van der Waals surface area (Å²) in [6.07, 6.45) is 3.81. The summed E-state index contributed by atoms with van der Waals surface area (Å²) in [5.41, 5.74) is 1.84. The minimum absolute atomic E-state index is 0.233. The van der Waals surface area contributed by atoms with Gasteiger partial charge in [-0.25, -0.2) is 0 Å². The standard InChI is InChI=1S/C20H25NO2SSi/c1-16-7-9-19(10-8-16)25(20-18(15-21)11-13-24-20)14-6-4-3-5-12-23-17(2)22/h7-11,13,25H,3-6,12,14H2,1-2H3/i25D. The number of rotatable bonds is 9. The van der Waals surface area contributed by atoms with Crippen molar-refractivity contribution < 1.29 is 9.53 Å². The number of ether oxygens (including phenoxy) is 1. The van der Waals surface area contributed by atoms with E-state index in [9.17, 15) is 11.3 Å². The average Bonchev–Trinajstić information content (AvgIpc) is 3.10. The SMILES string of the molecule is [2H][Si](CCCCCCOC(C)=O)(c1ccc(C)cc1)c1sccc1C#N. The molecule has 0 aliphatic heterocycles. The molecule has 25 heavy (non-hydrogen) atoms. The Kier molecular flexibility index (Phi) is 7.28. The van der Waals surface area contributed by atoms with Crippen molar-refractivity contribution in [2.45, 2.75) is 45.6 Å². The quantitative estimate of drug-likeness (QED) is 0.385. The van der Waals surface area contributed by atoms with Crippen LogP contribution >= 0.6 is 11.3 Å². The second kappa shape index (κ2) is 10.2. The number of carbonyl (C=O) groups is 1. The summed E-state index contributed by atoms with van der Waals surface area (Å²) in [4.78, 5) is 10.8. The Balaban J connectivity index is 2.06. The van der Waals surface area contributed by atoms with Gasteiger partial charge in [0.25, 0.3) is 0 Å². The number of carbonyl (C=O) groups excluding carboxylic acids is 1. The van der Waals surface area contributed by atoms with Gasteiger partial charge in [0.2, 0.25) is 0 Å². The number of unbranched alkanes of at least 4 members (excludes halogenated alkanes) is 3. The molecule has 1 aromatic heterocycles. The number of nitriles is 1. The van der Waals surface area contributed by atoms with Crippen molar-refractivity contribution >= 4 is 35.7 Å². The van der Waals surface area contributed by atoms with Crippen molar-refractivity contribution in [3.05, 3.63) is 46.8 Å². The van der Waals surface area contributed by atoms with Gasteiger partial charge >= 0.3 is 5.97 Å². The molecule has 0 saturated heterocycles. The number of esters is 1. The van der Waals surface area contributed by atoms with E-state index in [0.29, 0.717) is 12.2 Å². The number of benzene rings is 1. The van der Waals surface area contributed by atoms with Gasteiger partial charge in [0.15, 0.2) is 0 Å². The molecule has 1 atom stereocenters. The maximum Gasteiger partial charge on any atom is 0.302 e. The van der Waals surface area contributed by atoms with Crippen LogP contribution in [0.5, 0.6) is 0 Å². The summed E-state index contributed by atoms with van der Waals surface area (Å²) in [6.45, 7) is 3.95. The lowest BCUT2D eigenvalue weighted by atomic mass is 10.2. The van der Waals surface area contributed by atoms with Crippen molar-refractivity contribution in [2.75, 3.05) is 6.61 Å². The van der Waals surface area contributed by atoms with E-state index in [1.807, 2.05) is 18.4 Å². The van der Waals surface area contributed by atoms with Crippen LogP contribution in [-0.4, -0.2) is 22.5 Å². The fraction of sp³-hybridized carbons (Fsp3) is 0.400. The second-order valence-electron chi connectivity index (χ2n) is 6.12. The van der Waals surface area contributed by atoms with Crippen LogP contribution in [-0.2, 0) is 9.53 Å². The first-order valence-corrected chi connectivity index (χ1v) is 11.2. The van der Waals surface area contributed by atoms with Crippen LogP contribution in [0, 0.1) is 18.3 Å². The molecule has 0 bridgehead atoms. The highest BCUT2D eigenvalue weighted by molar-refractivity contribution is 7.24. The number of nitrogens with zero attached hydrogens (tertiary/aromatic N) is 1. The molecule has 2 rings (SSSR count). The summed E-state index contributed by atoms with van der Waals surface area (Å²) in [5.74, 6) is -0.233.